The van der Waals surface area contributed by atoms with Gasteiger partial charge in [-0.1, -0.05) is 35.5 Å². The Labute approximate surface area is 141 Å². The fourth-order valence-electron chi connectivity index (χ4n) is 2.88. The first-order chi connectivity index (χ1) is 11.7. The number of urea groups is 1. The molecule has 0 aliphatic carbocycles. The maximum absolute atomic E-state index is 12.7. The Kier molecular flexibility index (Phi) is 5.48. The molecule has 2 amide bonds. The normalized spacial score (nSPS) is 15.2. The Bertz CT molecular complexity index is 651. The zero-order valence-electron chi connectivity index (χ0n) is 13.9. The number of carbonyl (C=O) groups is 1. The minimum atomic E-state index is -0.154. The third-order valence-electron chi connectivity index (χ3n) is 4.19. The van der Waals surface area contributed by atoms with Gasteiger partial charge in [-0.05, 0) is 31.2 Å². The molecule has 24 heavy (non-hydrogen) atoms. The van der Waals surface area contributed by atoms with Crippen molar-refractivity contribution >= 4 is 11.8 Å². The molecule has 0 radical (unpaired) electrons. The zero-order valence-corrected chi connectivity index (χ0v) is 13.9. The summed E-state index contributed by atoms with van der Waals surface area (Å²) >= 11 is 0. The van der Waals surface area contributed by atoms with Crippen LogP contribution in [0.5, 0.6) is 0 Å². The predicted molar refractivity (Wildman–Crippen MR) is 90.7 cm³/mol. The summed E-state index contributed by atoms with van der Waals surface area (Å²) in [5.41, 5.74) is 1.11. The summed E-state index contributed by atoms with van der Waals surface area (Å²) in [6, 6.07) is 11.6. The minimum absolute atomic E-state index is 0.154. The molecule has 2 heterocycles. The lowest BCUT2D eigenvalue weighted by Crippen LogP contribution is -2.39. The summed E-state index contributed by atoms with van der Waals surface area (Å²) in [6.07, 6.45) is 1.98. The van der Waals surface area contributed by atoms with Crippen molar-refractivity contribution in [3.05, 3.63) is 47.7 Å². The van der Waals surface area contributed by atoms with E-state index in [-0.39, 0.29) is 6.03 Å². The highest BCUT2D eigenvalue weighted by atomic mass is 16.5. The van der Waals surface area contributed by atoms with E-state index in [0.717, 1.165) is 31.6 Å². The molecule has 1 aliphatic heterocycles. The lowest BCUT2D eigenvalue weighted by atomic mass is 9.99. The highest BCUT2D eigenvalue weighted by Crippen LogP contribution is 2.19. The van der Waals surface area contributed by atoms with Gasteiger partial charge in [-0.25, -0.2) is 4.79 Å². The fraction of sp³-hybridized carbons (Fsp3) is 0.444. The number of hydrogen-bond donors (Lipinski definition) is 1. The largest absolute Gasteiger partial charge is 0.381 e. The van der Waals surface area contributed by atoms with Gasteiger partial charge < -0.3 is 14.2 Å². The molecular weight excluding hydrogens is 306 g/mol. The van der Waals surface area contributed by atoms with Crippen LogP contribution >= 0.6 is 0 Å². The number of rotatable bonds is 5. The molecule has 6 heteroatoms. The molecule has 1 saturated heterocycles. The zero-order chi connectivity index (χ0) is 16.8. The number of anilines is 1. The molecule has 1 fully saturated rings. The monoisotopic (exact) mass is 329 g/mol. The van der Waals surface area contributed by atoms with Crippen molar-refractivity contribution in [2.45, 2.75) is 26.3 Å². The van der Waals surface area contributed by atoms with E-state index in [9.17, 15) is 4.79 Å². The van der Waals surface area contributed by atoms with Gasteiger partial charge in [-0.3, -0.25) is 5.32 Å². The van der Waals surface area contributed by atoms with Crippen LogP contribution < -0.4 is 5.32 Å². The topological polar surface area (TPSA) is 67.6 Å². The maximum Gasteiger partial charge on any atom is 0.323 e. The van der Waals surface area contributed by atoms with Crippen molar-refractivity contribution in [1.82, 2.24) is 10.1 Å². The number of benzene rings is 1. The summed E-state index contributed by atoms with van der Waals surface area (Å²) in [5, 5.41) is 6.66. The van der Waals surface area contributed by atoms with E-state index in [2.05, 4.69) is 10.5 Å². The lowest BCUT2D eigenvalue weighted by Gasteiger charge is -2.29. The van der Waals surface area contributed by atoms with Gasteiger partial charge in [0.1, 0.15) is 5.76 Å². The Morgan fingerprint density at radius 2 is 2.04 bits per heavy atom. The SMILES string of the molecule is Cc1cc(NC(=O)N(Cc2ccccc2)CC2CCOCC2)no1. The van der Waals surface area contributed by atoms with Crippen LogP contribution in [-0.2, 0) is 11.3 Å². The molecule has 6 nitrogen and oxygen atoms in total. The molecule has 1 aliphatic rings. The first kappa shape index (κ1) is 16.5. The van der Waals surface area contributed by atoms with Gasteiger partial charge in [-0.2, -0.15) is 0 Å². The average molecular weight is 329 g/mol. The molecule has 0 saturated carbocycles. The second-order valence-electron chi connectivity index (χ2n) is 6.17. The number of ether oxygens (including phenoxy) is 1. The third-order valence-corrected chi connectivity index (χ3v) is 4.19. The van der Waals surface area contributed by atoms with Crippen LogP contribution in [-0.4, -0.2) is 35.8 Å². The highest BCUT2D eigenvalue weighted by Gasteiger charge is 2.22. The summed E-state index contributed by atoms with van der Waals surface area (Å²) in [5.74, 6) is 1.58. The molecule has 0 spiro atoms. The van der Waals surface area contributed by atoms with Crippen LogP contribution in [0.15, 0.2) is 40.9 Å². The van der Waals surface area contributed by atoms with Crippen LogP contribution in [0, 0.1) is 12.8 Å². The first-order valence-electron chi connectivity index (χ1n) is 8.31. The minimum Gasteiger partial charge on any atom is -0.381 e. The Hall–Kier alpha value is -2.34. The molecule has 0 unspecified atom stereocenters. The summed E-state index contributed by atoms with van der Waals surface area (Å²) in [7, 11) is 0. The third kappa shape index (κ3) is 4.58. The van der Waals surface area contributed by atoms with Crippen LogP contribution in [0.1, 0.15) is 24.2 Å². The van der Waals surface area contributed by atoms with E-state index < -0.39 is 0 Å². The van der Waals surface area contributed by atoms with Gasteiger partial charge in [0.2, 0.25) is 0 Å². The molecular formula is C18H23N3O3. The van der Waals surface area contributed by atoms with Gasteiger partial charge in [0.15, 0.2) is 5.82 Å². The van der Waals surface area contributed by atoms with Crippen LogP contribution in [0.4, 0.5) is 10.6 Å². The number of aryl methyl sites for hydroxylation is 1. The predicted octanol–water partition coefficient (Wildman–Crippen LogP) is 3.44. The number of aromatic nitrogens is 1. The van der Waals surface area contributed by atoms with Crippen molar-refractivity contribution < 1.29 is 14.1 Å². The number of hydrogen-bond acceptors (Lipinski definition) is 4. The van der Waals surface area contributed by atoms with Gasteiger partial charge >= 0.3 is 6.03 Å². The summed E-state index contributed by atoms with van der Waals surface area (Å²) in [6.45, 7) is 4.62. The van der Waals surface area contributed by atoms with Gasteiger partial charge in [0.25, 0.3) is 0 Å². The van der Waals surface area contributed by atoms with E-state index in [1.54, 1.807) is 13.0 Å². The molecule has 3 rings (SSSR count). The molecule has 128 valence electrons. The van der Waals surface area contributed by atoms with Crippen molar-refractivity contribution in [2.75, 3.05) is 25.1 Å². The smallest absolute Gasteiger partial charge is 0.323 e. The molecule has 2 aromatic rings. The van der Waals surface area contributed by atoms with E-state index in [1.165, 1.54) is 0 Å². The van der Waals surface area contributed by atoms with Crippen LogP contribution in [0.25, 0.3) is 0 Å². The standard InChI is InChI=1S/C18H23N3O3/c1-14-11-17(20-24-14)19-18(22)21(12-15-5-3-2-4-6-15)13-16-7-9-23-10-8-16/h2-6,11,16H,7-10,12-13H2,1H3,(H,19,20,22). The Morgan fingerprint density at radius 3 is 2.71 bits per heavy atom. The van der Waals surface area contributed by atoms with Gasteiger partial charge in [0.05, 0.1) is 0 Å². The molecule has 1 aromatic heterocycles. The van der Waals surface area contributed by atoms with Gasteiger partial charge in [-0.15, -0.1) is 0 Å². The van der Waals surface area contributed by atoms with E-state index in [1.807, 2.05) is 35.2 Å². The second-order valence-corrected chi connectivity index (χ2v) is 6.17. The molecule has 1 N–H and O–H groups in total. The second kappa shape index (κ2) is 7.97. The lowest BCUT2D eigenvalue weighted by molar-refractivity contribution is 0.0564. The number of carbonyl (C=O) groups excluding carboxylic acids is 1. The number of nitrogens with one attached hydrogen (secondary N) is 1. The van der Waals surface area contributed by atoms with Crippen LogP contribution in [0.2, 0.25) is 0 Å². The number of amides is 2. The van der Waals surface area contributed by atoms with Crippen molar-refractivity contribution in [3.8, 4) is 0 Å². The van der Waals surface area contributed by atoms with Crippen molar-refractivity contribution in [1.29, 1.82) is 0 Å². The Morgan fingerprint density at radius 1 is 1.29 bits per heavy atom. The molecule has 0 bridgehead atoms. The number of nitrogens with zero attached hydrogens (tertiary/aromatic N) is 2. The highest BCUT2D eigenvalue weighted by molar-refractivity contribution is 5.88. The Balaban J connectivity index is 1.68. The maximum atomic E-state index is 12.7. The summed E-state index contributed by atoms with van der Waals surface area (Å²) in [4.78, 5) is 14.5. The molecule has 1 aromatic carbocycles. The van der Waals surface area contributed by atoms with Crippen molar-refractivity contribution in [2.24, 2.45) is 5.92 Å². The van der Waals surface area contributed by atoms with Gasteiger partial charge in [0, 0.05) is 32.4 Å². The first-order valence-corrected chi connectivity index (χ1v) is 8.31. The van der Waals surface area contributed by atoms with Crippen molar-refractivity contribution in [3.63, 3.8) is 0 Å². The quantitative estimate of drug-likeness (QED) is 0.912. The fourth-order valence-corrected chi connectivity index (χ4v) is 2.88. The summed E-state index contributed by atoms with van der Waals surface area (Å²) < 4.78 is 10.4. The van der Waals surface area contributed by atoms with Crippen LogP contribution in [0.3, 0.4) is 0 Å². The van der Waals surface area contributed by atoms with E-state index in [0.29, 0.717) is 30.6 Å². The van der Waals surface area contributed by atoms with E-state index in [4.69, 9.17) is 9.26 Å². The van der Waals surface area contributed by atoms with E-state index >= 15 is 0 Å². The molecule has 0 atom stereocenters. The average Bonchev–Trinajstić information content (AvgIpc) is 3.01.